The molecular formula is C15H30N2O. The summed E-state index contributed by atoms with van der Waals surface area (Å²) in [7, 11) is 0. The highest BCUT2D eigenvalue weighted by Crippen LogP contribution is 2.20. The van der Waals surface area contributed by atoms with Gasteiger partial charge < -0.3 is 4.74 Å². The summed E-state index contributed by atoms with van der Waals surface area (Å²) in [6, 6.07) is 0.825. The number of likely N-dealkylation sites (tertiary alicyclic amines) is 2. The van der Waals surface area contributed by atoms with Crippen molar-refractivity contribution in [1.82, 2.24) is 9.80 Å². The lowest BCUT2D eigenvalue weighted by Gasteiger charge is -2.37. The van der Waals surface area contributed by atoms with Crippen LogP contribution in [0.2, 0.25) is 0 Å². The van der Waals surface area contributed by atoms with Crippen molar-refractivity contribution in [3.05, 3.63) is 0 Å². The predicted octanol–water partition coefficient (Wildman–Crippen LogP) is 2.22. The van der Waals surface area contributed by atoms with Gasteiger partial charge in [-0.2, -0.15) is 0 Å². The van der Waals surface area contributed by atoms with Crippen molar-refractivity contribution >= 4 is 0 Å². The van der Waals surface area contributed by atoms with Crippen LogP contribution in [-0.2, 0) is 4.74 Å². The normalized spacial score (nSPS) is 27.2. The highest BCUT2D eigenvalue weighted by atomic mass is 16.5. The summed E-state index contributed by atoms with van der Waals surface area (Å²) in [5, 5.41) is 0. The van der Waals surface area contributed by atoms with Crippen molar-refractivity contribution in [2.24, 2.45) is 5.92 Å². The predicted molar refractivity (Wildman–Crippen MR) is 75.9 cm³/mol. The van der Waals surface area contributed by atoms with Gasteiger partial charge in [-0.25, -0.2) is 0 Å². The minimum absolute atomic E-state index is 0.656. The molecule has 1 atom stereocenters. The van der Waals surface area contributed by atoms with Crippen molar-refractivity contribution in [2.45, 2.75) is 45.6 Å². The summed E-state index contributed by atoms with van der Waals surface area (Å²) >= 11 is 0. The van der Waals surface area contributed by atoms with E-state index in [2.05, 4.69) is 23.6 Å². The number of hydrogen-bond donors (Lipinski definition) is 0. The van der Waals surface area contributed by atoms with Crippen LogP contribution < -0.4 is 0 Å². The van der Waals surface area contributed by atoms with E-state index in [1.165, 1.54) is 51.9 Å². The zero-order chi connectivity index (χ0) is 12.8. The standard InChI is InChI=1S/C15H30N2O/c1-14(2)13-18-11-10-16-7-5-6-15(12-16)17-8-3-4-9-17/h14-15H,3-13H2,1-2H3/t15-/m1/s1. The highest BCUT2D eigenvalue weighted by molar-refractivity contribution is 4.83. The van der Waals surface area contributed by atoms with Gasteiger partial charge >= 0.3 is 0 Å². The molecule has 0 amide bonds. The maximum Gasteiger partial charge on any atom is 0.0593 e. The van der Waals surface area contributed by atoms with Crippen LogP contribution in [0.4, 0.5) is 0 Å². The van der Waals surface area contributed by atoms with E-state index in [0.29, 0.717) is 5.92 Å². The lowest BCUT2D eigenvalue weighted by molar-refractivity contribution is 0.0596. The topological polar surface area (TPSA) is 15.7 Å². The Hall–Kier alpha value is -0.120. The first-order valence-corrected chi connectivity index (χ1v) is 7.80. The summed E-state index contributed by atoms with van der Waals surface area (Å²) in [5.74, 6) is 0.656. The Labute approximate surface area is 112 Å². The molecule has 0 N–H and O–H groups in total. The first-order chi connectivity index (χ1) is 8.75. The smallest absolute Gasteiger partial charge is 0.0593 e. The van der Waals surface area contributed by atoms with Gasteiger partial charge in [0.2, 0.25) is 0 Å². The number of rotatable bonds is 6. The minimum atomic E-state index is 0.656. The molecule has 0 aromatic rings. The first kappa shape index (κ1) is 14.3. The second-order valence-electron chi connectivity index (χ2n) is 6.31. The van der Waals surface area contributed by atoms with Gasteiger partial charge in [0.25, 0.3) is 0 Å². The molecule has 2 fully saturated rings. The zero-order valence-electron chi connectivity index (χ0n) is 12.2. The molecule has 0 unspecified atom stereocenters. The molecule has 3 heteroatoms. The molecule has 0 aromatic carbocycles. The van der Waals surface area contributed by atoms with Gasteiger partial charge in [-0.05, 0) is 51.2 Å². The van der Waals surface area contributed by atoms with Crippen LogP contribution in [0.15, 0.2) is 0 Å². The lowest BCUT2D eigenvalue weighted by atomic mass is 10.0. The van der Waals surface area contributed by atoms with Crippen molar-refractivity contribution in [3.8, 4) is 0 Å². The van der Waals surface area contributed by atoms with Crippen LogP contribution in [0, 0.1) is 5.92 Å². The molecule has 2 aliphatic heterocycles. The molecule has 0 aromatic heterocycles. The molecule has 3 nitrogen and oxygen atoms in total. The Bertz CT molecular complexity index is 227. The van der Waals surface area contributed by atoms with Gasteiger partial charge in [0.1, 0.15) is 0 Å². The van der Waals surface area contributed by atoms with Crippen LogP contribution in [0.1, 0.15) is 39.5 Å². The van der Waals surface area contributed by atoms with Gasteiger partial charge in [0.05, 0.1) is 6.61 Å². The Morgan fingerprint density at radius 3 is 2.61 bits per heavy atom. The molecule has 0 saturated carbocycles. The van der Waals surface area contributed by atoms with Crippen LogP contribution in [-0.4, -0.2) is 61.8 Å². The number of piperidine rings is 1. The van der Waals surface area contributed by atoms with E-state index in [-0.39, 0.29) is 0 Å². The molecule has 0 aliphatic carbocycles. The molecule has 2 saturated heterocycles. The Morgan fingerprint density at radius 2 is 1.89 bits per heavy atom. The molecule has 0 radical (unpaired) electrons. The molecule has 0 spiro atoms. The minimum Gasteiger partial charge on any atom is -0.380 e. The van der Waals surface area contributed by atoms with Crippen molar-refractivity contribution in [3.63, 3.8) is 0 Å². The first-order valence-electron chi connectivity index (χ1n) is 7.80. The molecular weight excluding hydrogens is 224 g/mol. The quantitative estimate of drug-likeness (QED) is 0.676. The van der Waals surface area contributed by atoms with Crippen molar-refractivity contribution in [2.75, 3.05) is 45.9 Å². The van der Waals surface area contributed by atoms with E-state index in [1.807, 2.05) is 0 Å². The summed E-state index contributed by atoms with van der Waals surface area (Å²) in [6.45, 7) is 12.6. The van der Waals surface area contributed by atoms with Gasteiger partial charge in [0.15, 0.2) is 0 Å². The summed E-state index contributed by atoms with van der Waals surface area (Å²) < 4.78 is 5.70. The Balaban J connectivity index is 1.63. The fraction of sp³-hybridized carbons (Fsp3) is 1.00. The average Bonchev–Trinajstić information content (AvgIpc) is 2.89. The van der Waals surface area contributed by atoms with E-state index >= 15 is 0 Å². The average molecular weight is 254 g/mol. The summed E-state index contributed by atoms with van der Waals surface area (Å²) in [6.07, 6.45) is 5.59. The van der Waals surface area contributed by atoms with Crippen LogP contribution in [0.5, 0.6) is 0 Å². The monoisotopic (exact) mass is 254 g/mol. The Kier molecular flexibility index (Phi) is 5.93. The fourth-order valence-electron chi connectivity index (χ4n) is 3.15. The number of ether oxygens (including phenoxy) is 1. The molecule has 0 bridgehead atoms. The molecule has 2 heterocycles. The maximum atomic E-state index is 5.70. The van der Waals surface area contributed by atoms with E-state index in [9.17, 15) is 0 Å². The van der Waals surface area contributed by atoms with Crippen molar-refractivity contribution in [1.29, 1.82) is 0 Å². The van der Waals surface area contributed by atoms with E-state index in [4.69, 9.17) is 4.74 Å². The largest absolute Gasteiger partial charge is 0.380 e. The molecule has 2 rings (SSSR count). The fourth-order valence-corrected chi connectivity index (χ4v) is 3.15. The lowest BCUT2D eigenvalue weighted by Crippen LogP contribution is -2.47. The second-order valence-corrected chi connectivity index (χ2v) is 6.31. The summed E-state index contributed by atoms with van der Waals surface area (Å²) in [5.41, 5.74) is 0. The third-order valence-electron chi connectivity index (χ3n) is 4.14. The second kappa shape index (κ2) is 7.46. The van der Waals surface area contributed by atoms with E-state index in [0.717, 1.165) is 25.8 Å². The molecule has 2 aliphatic rings. The van der Waals surface area contributed by atoms with Crippen LogP contribution in [0.3, 0.4) is 0 Å². The van der Waals surface area contributed by atoms with Gasteiger partial charge in [-0.1, -0.05) is 13.8 Å². The molecule has 18 heavy (non-hydrogen) atoms. The van der Waals surface area contributed by atoms with Crippen molar-refractivity contribution < 1.29 is 4.74 Å². The van der Waals surface area contributed by atoms with Crippen LogP contribution >= 0.6 is 0 Å². The van der Waals surface area contributed by atoms with Gasteiger partial charge in [-0.3, -0.25) is 9.80 Å². The Morgan fingerprint density at radius 1 is 1.11 bits per heavy atom. The third kappa shape index (κ3) is 4.52. The maximum absolute atomic E-state index is 5.70. The van der Waals surface area contributed by atoms with Crippen LogP contribution in [0.25, 0.3) is 0 Å². The third-order valence-corrected chi connectivity index (χ3v) is 4.14. The SMILES string of the molecule is CC(C)COCCN1CCC[C@@H](N2CCCC2)C1. The summed E-state index contributed by atoms with van der Waals surface area (Å²) in [4.78, 5) is 5.31. The number of hydrogen-bond acceptors (Lipinski definition) is 3. The zero-order valence-corrected chi connectivity index (χ0v) is 12.2. The number of nitrogens with zero attached hydrogens (tertiary/aromatic N) is 2. The van der Waals surface area contributed by atoms with Gasteiger partial charge in [-0.15, -0.1) is 0 Å². The van der Waals surface area contributed by atoms with E-state index in [1.54, 1.807) is 0 Å². The highest BCUT2D eigenvalue weighted by Gasteiger charge is 2.26. The van der Waals surface area contributed by atoms with E-state index < -0.39 is 0 Å². The van der Waals surface area contributed by atoms with Gasteiger partial charge in [0, 0.05) is 25.7 Å². The molecule has 106 valence electrons.